The molecule has 0 amide bonds. The van der Waals surface area contributed by atoms with Crippen LogP contribution in [0, 0.1) is 0 Å². The van der Waals surface area contributed by atoms with Crippen molar-refractivity contribution in [2.75, 3.05) is 0 Å². The third-order valence-electron chi connectivity index (χ3n) is 2.96. The Balaban J connectivity index is 2.18. The van der Waals surface area contributed by atoms with Crippen LogP contribution in [0.15, 0.2) is 35.4 Å². The summed E-state index contributed by atoms with van der Waals surface area (Å²) in [5.41, 5.74) is -1.24. The minimum Gasteiger partial charge on any atom is -0.478 e. The summed E-state index contributed by atoms with van der Waals surface area (Å²) in [6.45, 7) is 0. The van der Waals surface area contributed by atoms with Crippen molar-refractivity contribution < 1.29 is 27.8 Å². The Morgan fingerprint density at radius 3 is 2.71 bits per heavy atom. The lowest BCUT2D eigenvalue weighted by molar-refractivity contribution is -0.274. The van der Waals surface area contributed by atoms with E-state index in [-0.39, 0.29) is 22.4 Å². The molecule has 0 aliphatic rings. The van der Waals surface area contributed by atoms with E-state index in [2.05, 4.69) is 19.8 Å². The standard InChI is InChI=1S/C13H7F3N4O4/c14-13(15,16)24-8-3-1-2-7-9(8)18-12(19-10(7)21)20-5-6(4-17-20)11(22)23/h1-5H,(H,22,23)(H,18,19,21). The van der Waals surface area contributed by atoms with Gasteiger partial charge in [0, 0.05) is 6.20 Å². The summed E-state index contributed by atoms with van der Waals surface area (Å²) in [6.07, 6.45) is -2.90. The SMILES string of the molecule is O=C(O)c1cnn(-c2nc3c(OC(F)(F)F)cccc3c(=O)[nH]2)c1. The molecular weight excluding hydrogens is 333 g/mol. The number of para-hydroxylation sites is 1. The van der Waals surface area contributed by atoms with Gasteiger partial charge >= 0.3 is 12.3 Å². The van der Waals surface area contributed by atoms with Gasteiger partial charge in [-0.1, -0.05) is 6.07 Å². The molecular formula is C13H7F3N4O4. The van der Waals surface area contributed by atoms with E-state index in [0.29, 0.717) is 0 Å². The van der Waals surface area contributed by atoms with Gasteiger partial charge in [0.1, 0.15) is 5.52 Å². The Bertz CT molecular complexity index is 993. The molecule has 0 fully saturated rings. The fourth-order valence-corrected chi connectivity index (χ4v) is 1.99. The monoisotopic (exact) mass is 340 g/mol. The second kappa shape index (κ2) is 5.37. The number of halogens is 3. The summed E-state index contributed by atoms with van der Waals surface area (Å²) in [6, 6.07) is 3.51. The molecule has 0 aliphatic carbocycles. The Morgan fingerprint density at radius 2 is 2.08 bits per heavy atom. The van der Waals surface area contributed by atoms with Crippen LogP contribution in [0.4, 0.5) is 13.2 Å². The summed E-state index contributed by atoms with van der Waals surface area (Å²) in [5.74, 6) is -2.17. The number of fused-ring (bicyclic) bond motifs is 1. The molecule has 0 saturated heterocycles. The van der Waals surface area contributed by atoms with Crippen LogP contribution in [-0.2, 0) is 0 Å². The number of nitrogens with one attached hydrogen (secondary N) is 1. The van der Waals surface area contributed by atoms with E-state index < -0.39 is 23.6 Å². The maximum Gasteiger partial charge on any atom is 0.573 e. The van der Waals surface area contributed by atoms with Gasteiger partial charge in [-0.05, 0) is 12.1 Å². The maximum atomic E-state index is 12.5. The predicted octanol–water partition coefficient (Wildman–Crippen LogP) is 1.71. The lowest BCUT2D eigenvalue weighted by Crippen LogP contribution is -2.19. The number of carboxylic acids is 1. The van der Waals surface area contributed by atoms with Crippen molar-refractivity contribution in [1.82, 2.24) is 19.7 Å². The molecule has 0 unspecified atom stereocenters. The molecule has 2 N–H and O–H groups in total. The Labute approximate surface area is 130 Å². The second-order valence-corrected chi connectivity index (χ2v) is 4.57. The van der Waals surface area contributed by atoms with Gasteiger partial charge < -0.3 is 9.84 Å². The largest absolute Gasteiger partial charge is 0.573 e. The molecule has 11 heteroatoms. The Morgan fingerprint density at radius 1 is 1.33 bits per heavy atom. The number of hydrogen-bond acceptors (Lipinski definition) is 5. The fraction of sp³-hybridized carbons (Fsp3) is 0.0769. The first kappa shape index (κ1) is 15.5. The molecule has 3 aromatic rings. The molecule has 124 valence electrons. The van der Waals surface area contributed by atoms with Gasteiger partial charge in [-0.25, -0.2) is 14.5 Å². The van der Waals surface area contributed by atoms with Gasteiger partial charge in [0.15, 0.2) is 5.75 Å². The van der Waals surface area contributed by atoms with E-state index in [1.54, 1.807) is 0 Å². The van der Waals surface area contributed by atoms with Gasteiger partial charge in [-0.15, -0.1) is 13.2 Å². The number of ether oxygens (including phenoxy) is 1. The Hall–Kier alpha value is -3.37. The van der Waals surface area contributed by atoms with Crippen LogP contribution >= 0.6 is 0 Å². The first-order valence-electron chi connectivity index (χ1n) is 6.32. The molecule has 0 radical (unpaired) electrons. The fourth-order valence-electron chi connectivity index (χ4n) is 1.99. The first-order valence-corrected chi connectivity index (χ1v) is 6.32. The number of aromatic nitrogens is 4. The molecule has 24 heavy (non-hydrogen) atoms. The minimum absolute atomic E-state index is 0.119. The number of aromatic carboxylic acids is 1. The van der Waals surface area contributed by atoms with E-state index in [1.165, 1.54) is 12.1 Å². The van der Waals surface area contributed by atoms with E-state index in [1.807, 2.05) is 0 Å². The van der Waals surface area contributed by atoms with Gasteiger partial charge in [-0.3, -0.25) is 9.78 Å². The highest BCUT2D eigenvalue weighted by atomic mass is 19.4. The molecule has 2 heterocycles. The van der Waals surface area contributed by atoms with Crippen LogP contribution in [0.25, 0.3) is 16.9 Å². The third-order valence-corrected chi connectivity index (χ3v) is 2.96. The van der Waals surface area contributed by atoms with Gasteiger partial charge in [0.2, 0.25) is 5.95 Å². The molecule has 3 rings (SSSR count). The zero-order valence-corrected chi connectivity index (χ0v) is 11.5. The van der Waals surface area contributed by atoms with Crippen LogP contribution in [0.3, 0.4) is 0 Å². The van der Waals surface area contributed by atoms with Crippen molar-refractivity contribution in [2.45, 2.75) is 6.36 Å². The number of carboxylic acid groups (broad SMARTS) is 1. The third kappa shape index (κ3) is 2.91. The molecule has 2 aromatic heterocycles. The predicted molar refractivity (Wildman–Crippen MR) is 73.1 cm³/mol. The lowest BCUT2D eigenvalue weighted by Gasteiger charge is -2.11. The van der Waals surface area contributed by atoms with Crippen molar-refractivity contribution in [2.24, 2.45) is 0 Å². The van der Waals surface area contributed by atoms with Crippen molar-refractivity contribution in [3.8, 4) is 11.7 Å². The van der Waals surface area contributed by atoms with Crippen molar-refractivity contribution >= 4 is 16.9 Å². The zero-order valence-electron chi connectivity index (χ0n) is 11.5. The average molecular weight is 340 g/mol. The quantitative estimate of drug-likeness (QED) is 0.751. The topological polar surface area (TPSA) is 110 Å². The normalized spacial score (nSPS) is 11.6. The number of benzene rings is 1. The lowest BCUT2D eigenvalue weighted by atomic mass is 10.2. The average Bonchev–Trinajstić information content (AvgIpc) is 2.96. The molecule has 1 aromatic carbocycles. The van der Waals surface area contributed by atoms with Crippen LogP contribution in [-0.4, -0.2) is 37.2 Å². The highest BCUT2D eigenvalue weighted by Gasteiger charge is 2.32. The number of alkyl halides is 3. The minimum atomic E-state index is -4.96. The highest BCUT2D eigenvalue weighted by Crippen LogP contribution is 2.28. The number of H-pyrrole nitrogens is 1. The van der Waals surface area contributed by atoms with Gasteiger partial charge in [-0.2, -0.15) is 5.10 Å². The molecule has 0 bridgehead atoms. The van der Waals surface area contributed by atoms with Crippen LogP contribution < -0.4 is 10.3 Å². The van der Waals surface area contributed by atoms with E-state index in [4.69, 9.17) is 5.11 Å². The van der Waals surface area contributed by atoms with E-state index in [0.717, 1.165) is 23.1 Å². The van der Waals surface area contributed by atoms with E-state index >= 15 is 0 Å². The molecule has 8 nitrogen and oxygen atoms in total. The number of hydrogen-bond donors (Lipinski definition) is 2. The number of rotatable bonds is 3. The van der Waals surface area contributed by atoms with Gasteiger partial charge in [0.25, 0.3) is 5.56 Å². The van der Waals surface area contributed by atoms with Crippen LogP contribution in [0.5, 0.6) is 5.75 Å². The number of aromatic amines is 1. The number of carbonyl (C=O) groups is 1. The zero-order chi connectivity index (χ0) is 17.5. The molecule has 0 spiro atoms. The summed E-state index contributed by atoms with van der Waals surface area (Å²) in [5, 5.41) is 12.4. The Kier molecular flexibility index (Phi) is 3.47. The van der Waals surface area contributed by atoms with Crippen LogP contribution in [0.1, 0.15) is 10.4 Å². The highest BCUT2D eigenvalue weighted by molar-refractivity contribution is 5.87. The maximum absolute atomic E-state index is 12.5. The number of nitrogens with zero attached hydrogens (tertiary/aromatic N) is 3. The first-order chi connectivity index (χ1) is 11.2. The smallest absolute Gasteiger partial charge is 0.478 e. The van der Waals surface area contributed by atoms with Crippen molar-refractivity contribution in [1.29, 1.82) is 0 Å². The molecule has 0 saturated carbocycles. The van der Waals surface area contributed by atoms with Gasteiger partial charge in [0.05, 0.1) is 17.1 Å². The summed E-state index contributed by atoms with van der Waals surface area (Å²) in [4.78, 5) is 29.1. The molecule has 0 atom stereocenters. The summed E-state index contributed by atoms with van der Waals surface area (Å²) < 4.78 is 42.2. The molecule has 0 aliphatic heterocycles. The van der Waals surface area contributed by atoms with Crippen LogP contribution in [0.2, 0.25) is 0 Å². The summed E-state index contributed by atoms with van der Waals surface area (Å²) >= 11 is 0. The van der Waals surface area contributed by atoms with Crippen molar-refractivity contribution in [3.63, 3.8) is 0 Å². The van der Waals surface area contributed by atoms with E-state index in [9.17, 15) is 22.8 Å². The summed E-state index contributed by atoms with van der Waals surface area (Å²) in [7, 11) is 0. The second-order valence-electron chi connectivity index (χ2n) is 4.57. The van der Waals surface area contributed by atoms with Crippen molar-refractivity contribution in [3.05, 3.63) is 46.5 Å².